The van der Waals surface area contributed by atoms with E-state index in [0.29, 0.717) is 25.7 Å². The van der Waals surface area contributed by atoms with Gasteiger partial charge in [-0.2, -0.15) is 0 Å². The number of halogens is 4. The molecular weight excluding hydrogens is 324 g/mol. The second-order valence-electron chi connectivity index (χ2n) is 4.26. The van der Waals surface area contributed by atoms with Crippen LogP contribution in [-0.2, 0) is 0 Å². The molecule has 0 saturated carbocycles. The van der Waals surface area contributed by atoms with Crippen LogP contribution in [0.2, 0.25) is 20.1 Å². The Morgan fingerprint density at radius 2 is 1.53 bits per heavy atom. The Labute approximate surface area is 132 Å². The van der Waals surface area contributed by atoms with E-state index in [1.807, 2.05) is 31.2 Å². The average Bonchev–Trinajstić information content (AvgIpc) is 2.37. The van der Waals surface area contributed by atoms with Crippen LogP contribution in [0.15, 0.2) is 30.3 Å². The normalized spacial score (nSPS) is 12.5. The summed E-state index contributed by atoms with van der Waals surface area (Å²) in [6.45, 7) is 1.91. The highest BCUT2D eigenvalue weighted by Crippen LogP contribution is 2.43. The van der Waals surface area contributed by atoms with E-state index in [4.69, 9.17) is 52.1 Å². The first kappa shape index (κ1) is 15.0. The summed E-state index contributed by atoms with van der Waals surface area (Å²) in [5.74, 6) is 0. The highest BCUT2D eigenvalue weighted by atomic mass is 35.5. The Balaban J connectivity index is 2.68. The summed E-state index contributed by atoms with van der Waals surface area (Å²) in [5.41, 5.74) is 8.34. The highest BCUT2D eigenvalue weighted by molar-refractivity contribution is 6.50. The Hall–Kier alpha value is -0.440. The van der Waals surface area contributed by atoms with Crippen LogP contribution in [-0.4, -0.2) is 0 Å². The first-order valence-electron chi connectivity index (χ1n) is 5.60. The van der Waals surface area contributed by atoms with Crippen molar-refractivity contribution in [3.63, 3.8) is 0 Å². The maximum absolute atomic E-state index is 6.23. The fourth-order valence-electron chi connectivity index (χ4n) is 1.80. The SMILES string of the molecule is CC(N)c1cccc(-c2c(Cl)c(Cl)cc(Cl)c2Cl)c1. The largest absolute Gasteiger partial charge is 0.324 e. The molecule has 1 nitrogen and oxygen atoms in total. The maximum Gasteiger partial charge on any atom is 0.0686 e. The van der Waals surface area contributed by atoms with E-state index in [-0.39, 0.29) is 6.04 Å². The van der Waals surface area contributed by atoms with Crippen LogP contribution in [0.5, 0.6) is 0 Å². The third-order valence-corrected chi connectivity index (χ3v) is 4.39. The van der Waals surface area contributed by atoms with E-state index in [2.05, 4.69) is 0 Å². The second kappa shape index (κ2) is 5.90. The maximum atomic E-state index is 6.23. The van der Waals surface area contributed by atoms with Crippen LogP contribution < -0.4 is 5.73 Å². The van der Waals surface area contributed by atoms with Gasteiger partial charge in [0.1, 0.15) is 0 Å². The van der Waals surface area contributed by atoms with Gasteiger partial charge in [0, 0.05) is 11.6 Å². The van der Waals surface area contributed by atoms with Gasteiger partial charge in [-0.25, -0.2) is 0 Å². The van der Waals surface area contributed by atoms with E-state index in [9.17, 15) is 0 Å². The molecule has 0 amide bonds. The summed E-state index contributed by atoms with van der Waals surface area (Å²) in [5, 5.41) is 1.52. The summed E-state index contributed by atoms with van der Waals surface area (Å²) < 4.78 is 0. The van der Waals surface area contributed by atoms with Gasteiger partial charge in [-0.05, 0) is 30.2 Å². The first-order valence-corrected chi connectivity index (χ1v) is 7.12. The monoisotopic (exact) mass is 333 g/mol. The molecule has 2 aromatic rings. The summed E-state index contributed by atoms with van der Waals surface area (Å²) >= 11 is 24.5. The molecule has 19 heavy (non-hydrogen) atoms. The molecule has 1 unspecified atom stereocenters. The molecule has 2 rings (SSSR count). The molecule has 0 aliphatic heterocycles. The molecule has 0 saturated heterocycles. The molecule has 0 radical (unpaired) electrons. The van der Waals surface area contributed by atoms with Crippen molar-refractivity contribution in [1.82, 2.24) is 0 Å². The van der Waals surface area contributed by atoms with E-state index < -0.39 is 0 Å². The number of benzene rings is 2. The third kappa shape index (κ3) is 3.01. The minimum atomic E-state index is -0.0767. The lowest BCUT2D eigenvalue weighted by atomic mass is 10.0. The molecule has 0 spiro atoms. The van der Waals surface area contributed by atoms with E-state index in [1.165, 1.54) is 6.07 Å². The lowest BCUT2D eigenvalue weighted by Gasteiger charge is -2.13. The van der Waals surface area contributed by atoms with Crippen LogP contribution in [0.25, 0.3) is 11.1 Å². The third-order valence-electron chi connectivity index (χ3n) is 2.81. The van der Waals surface area contributed by atoms with Gasteiger partial charge in [0.25, 0.3) is 0 Å². The van der Waals surface area contributed by atoms with Crippen LogP contribution in [0.4, 0.5) is 0 Å². The molecular formula is C14H11Cl4N. The molecule has 100 valence electrons. The molecule has 0 aliphatic carbocycles. The topological polar surface area (TPSA) is 26.0 Å². The zero-order chi connectivity index (χ0) is 14.2. The van der Waals surface area contributed by atoms with E-state index in [0.717, 1.165) is 11.1 Å². The van der Waals surface area contributed by atoms with E-state index in [1.54, 1.807) is 0 Å². The smallest absolute Gasteiger partial charge is 0.0686 e. The Morgan fingerprint density at radius 3 is 2.05 bits per heavy atom. The Morgan fingerprint density at radius 1 is 0.947 bits per heavy atom. The van der Waals surface area contributed by atoms with Crippen molar-refractivity contribution in [3.05, 3.63) is 56.0 Å². The fourth-order valence-corrected chi connectivity index (χ4v) is 2.83. The molecule has 0 aromatic heterocycles. The van der Waals surface area contributed by atoms with Gasteiger partial charge in [0.2, 0.25) is 0 Å². The van der Waals surface area contributed by atoms with Crippen LogP contribution in [0.1, 0.15) is 18.5 Å². The lowest BCUT2D eigenvalue weighted by Crippen LogP contribution is -2.04. The first-order chi connectivity index (χ1) is 8.91. The van der Waals surface area contributed by atoms with Crippen molar-refractivity contribution in [1.29, 1.82) is 0 Å². The predicted molar refractivity (Wildman–Crippen MR) is 84.5 cm³/mol. The van der Waals surface area contributed by atoms with Crippen molar-refractivity contribution in [2.24, 2.45) is 5.73 Å². The van der Waals surface area contributed by atoms with Gasteiger partial charge in [0.15, 0.2) is 0 Å². The van der Waals surface area contributed by atoms with Gasteiger partial charge in [-0.3, -0.25) is 0 Å². The van der Waals surface area contributed by atoms with Gasteiger partial charge in [-0.1, -0.05) is 64.6 Å². The van der Waals surface area contributed by atoms with Crippen LogP contribution in [0, 0.1) is 0 Å². The molecule has 0 fully saturated rings. The molecule has 0 bridgehead atoms. The summed E-state index contributed by atoms with van der Waals surface area (Å²) in [6.07, 6.45) is 0. The molecule has 2 aromatic carbocycles. The van der Waals surface area contributed by atoms with Crippen molar-refractivity contribution in [3.8, 4) is 11.1 Å². The molecule has 2 N–H and O–H groups in total. The molecule has 0 aliphatic rings. The zero-order valence-electron chi connectivity index (χ0n) is 10.1. The Kier molecular flexibility index (Phi) is 4.65. The zero-order valence-corrected chi connectivity index (χ0v) is 13.1. The van der Waals surface area contributed by atoms with Gasteiger partial charge >= 0.3 is 0 Å². The van der Waals surface area contributed by atoms with Crippen LogP contribution in [0.3, 0.4) is 0 Å². The quantitative estimate of drug-likeness (QED) is 0.671. The lowest BCUT2D eigenvalue weighted by molar-refractivity contribution is 0.819. The number of rotatable bonds is 2. The van der Waals surface area contributed by atoms with Crippen molar-refractivity contribution in [2.45, 2.75) is 13.0 Å². The highest BCUT2D eigenvalue weighted by Gasteiger charge is 2.16. The van der Waals surface area contributed by atoms with Gasteiger partial charge < -0.3 is 5.73 Å². The molecule has 1 atom stereocenters. The number of hydrogen-bond acceptors (Lipinski definition) is 1. The summed E-state index contributed by atoms with van der Waals surface area (Å²) in [4.78, 5) is 0. The summed E-state index contributed by atoms with van der Waals surface area (Å²) in [7, 11) is 0. The average molecular weight is 335 g/mol. The molecule has 0 heterocycles. The van der Waals surface area contributed by atoms with E-state index >= 15 is 0 Å². The minimum Gasteiger partial charge on any atom is -0.324 e. The van der Waals surface area contributed by atoms with Gasteiger partial charge in [0.05, 0.1) is 20.1 Å². The predicted octanol–water partition coefficient (Wildman–Crippen LogP) is 5.99. The summed E-state index contributed by atoms with van der Waals surface area (Å²) in [6, 6.07) is 9.13. The standard InChI is InChI=1S/C14H11Cl4N/c1-7(19)8-3-2-4-9(5-8)12-13(17)10(15)6-11(16)14(12)18/h2-7H,19H2,1H3. The van der Waals surface area contributed by atoms with Crippen molar-refractivity contribution < 1.29 is 0 Å². The van der Waals surface area contributed by atoms with Gasteiger partial charge in [-0.15, -0.1) is 0 Å². The number of hydrogen-bond donors (Lipinski definition) is 1. The van der Waals surface area contributed by atoms with Crippen molar-refractivity contribution in [2.75, 3.05) is 0 Å². The number of nitrogens with two attached hydrogens (primary N) is 1. The molecule has 5 heteroatoms. The second-order valence-corrected chi connectivity index (χ2v) is 5.83. The fraction of sp³-hybridized carbons (Fsp3) is 0.143. The van der Waals surface area contributed by atoms with Crippen LogP contribution >= 0.6 is 46.4 Å². The Bertz CT molecular complexity index is 597. The van der Waals surface area contributed by atoms with Crippen molar-refractivity contribution >= 4 is 46.4 Å². The minimum absolute atomic E-state index is 0.0767.